The number of likely N-dealkylation sites (N-methyl/N-ethyl adjacent to an activating group) is 1. The molecule has 3 N–H and O–H groups in total. The molecule has 0 bridgehead atoms. The molecule has 1 fully saturated rings. The van der Waals surface area contributed by atoms with E-state index in [1.54, 1.807) is 0 Å². The van der Waals surface area contributed by atoms with Crippen LogP contribution < -0.4 is 16.2 Å². The average Bonchev–Trinajstić information content (AvgIpc) is 2.53. The highest BCUT2D eigenvalue weighted by atomic mass is 15.3. The Labute approximate surface area is 102 Å². The second-order valence-electron chi connectivity index (χ2n) is 4.48. The van der Waals surface area contributed by atoms with Gasteiger partial charge in [-0.2, -0.15) is 4.98 Å². The lowest BCUT2D eigenvalue weighted by Crippen LogP contribution is -2.29. The number of nitrogens with zero attached hydrogens (tertiary/aromatic N) is 4. The van der Waals surface area contributed by atoms with Crippen molar-refractivity contribution >= 4 is 11.8 Å². The first-order chi connectivity index (χ1) is 8.19. The van der Waals surface area contributed by atoms with E-state index in [1.807, 2.05) is 13.0 Å². The van der Waals surface area contributed by atoms with E-state index in [0.717, 1.165) is 44.1 Å². The Hall–Kier alpha value is -1.40. The van der Waals surface area contributed by atoms with Crippen molar-refractivity contribution in [2.45, 2.75) is 13.3 Å². The number of aromatic nitrogens is 2. The van der Waals surface area contributed by atoms with Gasteiger partial charge in [0.2, 0.25) is 5.95 Å². The fourth-order valence-corrected chi connectivity index (χ4v) is 2.05. The molecule has 2 heterocycles. The van der Waals surface area contributed by atoms with Gasteiger partial charge in [0.15, 0.2) is 0 Å². The molecule has 1 aromatic heterocycles. The van der Waals surface area contributed by atoms with Crippen molar-refractivity contribution in [3.63, 3.8) is 0 Å². The highest BCUT2D eigenvalue weighted by Crippen LogP contribution is 2.16. The quantitative estimate of drug-likeness (QED) is 0.565. The largest absolute Gasteiger partial charge is 0.355 e. The fourth-order valence-electron chi connectivity index (χ4n) is 2.05. The van der Waals surface area contributed by atoms with Crippen molar-refractivity contribution in [1.82, 2.24) is 14.9 Å². The zero-order chi connectivity index (χ0) is 12.3. The van der Waals surface area contributed by atoms with E-state index >= 15 is 0 Å². The molecule has 0 radical (unpaired) electrons. The van der Waals surface area contributed by atoms with Crippen molar-refractivity contribution in [2.75, 3.05) is 43.6 Å². The third-order valence-corrected chi connectivity index (χ3v) is 3.01. The molecule has 0 saturated carbocycles. The molecule has 6 heteroatoms. The maximum atomic E-state index is 5.37. The Balaban J connectivity index is 2.17. The summed E-state index contributed by atoms with van der Waals surface area (Å²) in [6.45, 7) is 6.19. The van der Waals surface area contributed by atoms with Crippen LogP contribution in [-0.2, 0) is 0 Å². The zero-order valence-electron chi connectivity index (χ0n) is 10.5. The number of aryl methyl sites for hydroxylation is 1. The SMILES string of the molecule is Cc1cc(N2CCCN(C)CC2)nc(NN)n1. The molecule has 0 unspecified atom stereocenters. The third-order valence-electron chi connectivity index (χ3n) is 3.01. The molecule has 1 aliphatic heterocycles. The van der Waals surface area contributed by atoms with E-state index < -0.39 is 0 Å². The number of nitrogens with two attached hydrogens (primary N) is 1. The van der Waals surface area contributed by atoms with E-state index in [-0.39, 0.29) is 0 Å². The van der Waals surface area contributed by atoms with Crippen molar-refractivity contribution in [3.05, 3.63) is 11.8 Å². The summed E-state index contributed by atoms with van der Waals surface area (Å²) in [4.78, 5) is 13.2. The van der Waals surface area contributed by atoms with Crippen molar-refractivity contribution < 1.29 is 0 Å². The number of hydrazine groups is 1. The molecule has 0 aliphatic carbocycles. The number of nitrogens with one attached hydrogen (secondary N) is 1. The van der Waals surface area contributed by atoms with E-state index in [0.29, 0.717) is 5.95 Å². The minimum atomic E-state index is 0.484. The summed E-state index contributed by atoms with van der Waals surface area (Å²) in [6, 6.07) is 2.01. The van der Waals surface area contributed by atoms with E-state index in [9.17, 15) is 0 Å². The molecular weight excluding hydrogens is 216 g/mol. The second-order valence-corrected chi connectivity index (χ2v) is 4.48. The highest BCUT2D eigenvalue weighted by molar-refractivity contribution is 5.44. The summed E-state index contributed by atoms with van der Waals surface area (Å²) >= 11 is 0. The molecule has 0 amide bonds. The third kappa shape index (κ3) is 3.04. The molecule has 1 aromatic rings. The van der Waals surface area contributed by atoms with E-state index in [2.05, 4.69) is 32.2 Å². The fraction of sp³-hybridized carbons (Fsp3) is 0.636. The summed E-state index contributed by atoms with van der Waals surface area (Å²) in [5.41, 5.74) is 3.44. The molecule has 0 atom stereocenters. The Morgan fingerprint density at radius 2 is 2.06 bits per heavy atom. The number of hydrogen-bond donors (Lipinski definition) is 2. The van der Waals surface area contributed by atoms with Gasteiger partial charge in [0.25, 0.3) is 0 Å². The summed E-state index contributed by atoms with van der Waals surface area (Å²) in [6.07, 6.45) is 1.16. The maximum Gasteiger partial charge on any atom is 0.239 e. The number of anilines is 2. The highest BCUT2D eigenvalue weighted by Gasteiger charge is 2.14. The molecule has 0 aromatic carbocycles. The maximum absolute atomic E-state index is 5.37. The predicted octanol–water partition coefficient (Wildman–Crippen LogP) is 0.213. The van der Waals surface area contributed by atoms with Gasteiger partial charge < -0.3 is 9.80 Å². The van der Waals surface area contributed by atoms with Gasteiger partial charge in [-0.15, -0.1) is 0 Å². The molecule has 1 aliphatic rings. The van der Waals surface area contributed by atoms with Crippen LogP contribution in [0, 0.1) is 6.92 Å². The number of nitrogen functional groups attached to an aromatic ring is 1. The van der Waals surface area contributed by atoms with Gasteiger partial charge >= 0.3 is 0 Å². The summed E-state index contributed by atoms with van der Waals surface area (Å²) in [7, 11) is 2.15. The van der Waals surface area contributed by atoms with E-state index in [4.69, 9.17) is 5.84 Å². The molecular formula is C11H20N6. The molecule has 1 saturated heterocycles. The standard InChI is InChI=1S/C11H20N6/c1-9-8-10(14-11(13-9)15-12)17-5-3-4-16(2)6-7-17/h8H,3-7,12H2,1-2H3,(H,13,14,15). The molecule has 94 valence electrons. The zero-order valence-corrected chi connectivity index (χ0v) is 10.5. The second kappa shape index (κ2) is 5.29. The van der Waals surface area contributed by atoms with Crippen LogP contribution in [-0.4, -0.2) is 48.1 Å². The first-order valence-electron chi connectivity index (χ1n) is 5.95. The predicted molar refractivity (Wildman–Crippen MR) is 68.9 cm³/mol. The normalized spacial score (nSPS) is 17.9. The monoisotopic (exact) mass is 236 g/mol. The lowest BCUT2D eigenvalue weighted by molar-refractivity contribution is 0.360. The van der Waals surface area contributed by atoms with Crippen LogP contribution in [0.15, 0.2) is 6.07 Å². The van der Waals surface area contributed by atoms with Crippen LogP contribution in [0.5, 0.6) is 0 Å². The Morgan fingerprint density at radius 1 is 1.24 bits per heavy atom. The number of hydrogen-bond acceptors (Lipinski definition) is 6. The van der Waals surface area contributed by atoms with Crippen molar-refractivity contribution in [1.29, 1.82) is 0 Å². The topological polar surface area (TPSA) is 70.3 Å². The first kappa shape index (κ1) is 12.1. The van der Waals surface area contributed by atoms with Crippen LogP contribution in [0.25, 0.3) is 0 Å². The number of rotatable bonds is 2. The minimum Gasteiger partial charge on any atom is -0.355 e. The van der Waals surface area contributed by atoms with Crippen LogP contribution in [0.4, 0.5) is 11.8 Å². The molecule has 6 nitrogen and oxygen atoms in total. The van der Waals surface area contributed by atoms with Crippen LogP contribution >= 0.6 is 0 Å². The summed E-state index contributed by atoms with van der Waals surface area (Å²) in [5.74, 6) is 6.81. The smallest absolute Gasteiger partial charge is 0.239 e. The van der Waals surface area contributed by atoms with Gasteiger partial charge in [-0.3, -0.25) is 5.43 Å². The molecule has 17 heavy (non-hydrogen) atoms. The minimum absolute atomic E-state index is 0.484. The first-order valence-corrected chi connectivity index (χ1v) is 5.95. The van der Waals surface area contributed by atoms with Gasteiger partial charge in [-0.05, 0) is 26.9 Å². The lowest BCUT2D eigenvalue weighted by Gasteiger charge is -2.22. The van der Waals surface area contributed by atoms with Gasteiger partial charge in [-0.25, -0.2) is 10.8 Å². The summed E-state index contributed by atoms with van der Waals surface area (Å²) in [5, 5.41) is 0. The Kier molecular flexibility index (Phi) is 3.75. The van der Waals surface area contributed by atoms with Crippen LogP contribution in [0.2, 0.25) is 0 Å². The van der Waals surface area contributed by atoms with Gasteiger partial charge in [0, 0.05) is 31.4 Å². The summed E-state index contributed by atoms with van der Waals surface area (Å²) < 4.78 is 0. The van der Waals surface area contributed by atoms with Crippen molar-refractivity contribution in [2.24, 2.45) is 5.84 Å². The van der Waals surface area contributed by atoms with Crippen LogP contribution in [0.1, 0.15) is 12.1 Å². The van der Waals surface area contributed by atoms with Crippen molar-refractivity contribution in [3.8, 4) is 0 Å². The Morgan fingerprint density at radius 3 is 2.82 bits per heavy atom. The molecule has 2 rings (SSSR count). The van der Waals surface area contributed by atoms with Gasteiger partial charge in [0.05, 0.1) is 0 Å². The molecule has 0 spiro atoms. The van der Waals surface area contributed by atoms with Gasteiger partial charge in [-0.1, -0.05) is 0 Å². The lowest BCUT2D eigenvalue weighted by atomic mass is 10.3. The average molecular weight is 236 g/mol. The van der Waals surface area contributed by atoms with Gasteiger partial charge in [0.1, 0.15) is 5.82 Å². The van der Waals surface area contributed by atoms with Crippen LogP contribution in [0.3, 0.4) is 0 Å². The van der Waals surface area contributed by atoms with E-state index in [1.165, 1.54) is 0 Å². The Bertz CT molecular complexity index is 380.